The molecule has 2 nitrogen and oxygen atoms in total. The molecular weight excluding hydrogens is 302 g/mol. The smallest absolute Gasteiger partial charge is 0.119 e. The zero-order valence-corrected chi connectivity index (χ0v) is 14.1. The molecule has 0 aromatic heterocycles. The lowest BCUT2D eigenvalue weighted by atomic mass is 10.1. The van der Waals surface area contributed by atoms with Gasteiger partial charge in [-0.2, -0.15) is 0 Å². The lowest BCUT2D eigenvalue weighted by Gasteiger charge is -2.20. The van der Waals surface area contributed by atoms with Crippen molar-refractivity contribution in [2.24, 2.45) is 0 Å². The molecule has 0 aliphatic rings. The van der Waals surface area contributed by atoms with Gasteiger partial charge in [0, 0.05) is 10.0 Å². The molecule has 0 atom stereocenters. The Kier molecular flexibility index (Phi) is 6.87. The van der Waals surface area contributed by atoms with Crippen LogP contribution in [0.25, 0.3) is 0 Å². The highest BCUT2D eigenvalue weighted by Gasteiger charge is 2.06. The summed E-state index contributed by atoms with van der Waals surface area (Å²) >= 11 is 3.49. The first-order valence-corrected chi connectivity index (χ1v) is 7.82. The predicted octanol–water partition coefficient (Wildman–Crippen LogP) is 4.69. The van der Waals surface area contributed by atoms with E-state index in [4.69, 9.17) is 4.74 Å². The van der Waals surface area contributed by atoms with Gasteiger partial charge < -0.3 is 10.1 Å². The summed E-state index contributed by atoms with van der Waals surface area (Å²) in [5.41, 5.74) is 1.44. The van der Waals surface area contributed by atoms with Crippen molar-refractivity contribution in [2.45, 2.75) is 52.5 Å². The summed E-state index contributed by atoms with van der Waals surface area (Å²) in [6.07, 6.45) is 3.53. The van der Waals surface area contributed by atoms with Crippen LogP contribution >= 0.6 is 15.9 Å². The highest BCUT2D eigenvalue weighted by atomic mass is 79.9. The Balaban J connectivity index is 2.09. The summed E-state index contributed by atoms with van der Waals surface area (Å²) < 4.78 is 6.88. The van der Waals surface area contributed by atoms with Crippen LogP contribution in [0, 0.1) is 6.92 Å². The van der Waals surface area contributed by atoms with E-state index in [1.165, 1.54) is 18.4 Å². The molecule has 0 saturated carbocycles. The Labute approximate surface area is 126 Å². The summed E-state index contributed by atoms with van der Waals surface area (Å²) in [6.45, 7) is 10.6. The van der Waals surface area contributed by atoms with Crippen LogP contribution in [0.4, 0.5) is 0 Å². The Morgan fingerprint density at radius 2 is 1.89 bits per heavy atom. The molecule has 0 unspecified atom stereocenters. The second-order valence-corrected chi connectivity index (χ2v) is 6.85. The normalized spacial score (nSPS) is 11.6. The van der Waals surface area contributed by atoms with Gasteiger partial charge in [0.1, 0.15) is 5.75 Å². The van der Waals surface area contributed by atoms with Crippen molar-refractivity contribution in [1.29, 1.82) is 0 Å². The molecule has 0 radical (unpaired) electrons. The number of nitrogens with one attached hydrogen (secondary N) is 1. The molecule has 1 aromatic rings. The van der Waals surface area contributed by atoms with E-state index < -0.39 is 0 Å². The molecule has 0 heterocycles. The summed E-state index contributed by atoms with van der Waals surface area (Å²) in [5.74, 6) is 0.966. The first-order chi connectivity index (χ1) is 8.88. The first-order valence-electron chi connectivity index (χ1n) is 7.02. The molecular formula is C16H26BrNO. The van der Waals surface area contributed by atoms with E-state index in [-0.39, 0.29) is 5.54 Å². The molecule has 19 heavy (non-hydrogen) atoms. The molecule has 0 fully saturated rings. The van der Waals surface area contributed by atoms with Gasteiger partial charge >= 0.3 is 0 Å². The van der Waals surface area contributed by atoms with Crippen LogP contribution in [0.1, 0.15) is 45.6 Å². The fourth-order valence-corrected chi connectivity index (χ4v) is 2.01. The molecule has 1 N–H and O–H groups in total. The van der Waals surface area contributed by atoms with Crippen LogP contribution in [0.2, 0.25) is 0 Å². The van der Waals surface area contributed by atoms with E-state index in [1.54, 1.807) is 0 Å². The third-order valence-electron chi connectivity index (χ3n) is 2.87. The maximum atomic E-state index is 5.75. The molecule has 108 valence electrons. The van der Waals surface area contributed by atoms with Gasteiger partial charge in [0.15, 0.2) is 0 Å². The zero-order valence-electron chi connectivity index (χ0n) is 12.6. The van der Waals surface area contributed by atoms with Crippen molar-refractivity contribution in [3.8, 4) is 5.75 Å². The summed E-state index contributed by atoms with van der Waals surface area (Å²) in [4.78, 5) is 0. The SMILES string of the molecule is Cc1cc(OCCCCCNC(C)(C)C)ccc1Br. The maximum Gasteiger partial charge on any atom is 0.119 e. The van der Waals surface area contributed by atoms with E-state index in [0.29, 0.717) is 0 Å². The number of halogens is 1. The Morgan fingerprint density at radius 3 is 2.53 bits per heavy atom. The maximum absolute atomic E-state index is 5.75. The van der Waals surface area contributed by atoms with Crippen molar-refractivity contribution >= 4 is 15.9 Å². The van der Waals surface area contributed by atoms with Crippen LogP contribution in [0.5, 0.6) is 5.75 Å². The standard InChI is InChI=1S/C16H26BrNO/c1-13-12-14(8-9-15(13)17)19-11-7-5-6-10-18-16(2,3)4/h8-9,12,18H,5-7,10-11H2,1-4H3. The monoisotopic (exact) mass is 327 g/mol. The topological polar surface area (TPSA) is 21.3 Å². The second kappa shape index (κ2) is 7.91. The fourth-order valence-electron chi connectivity index (χ4n) is 1.76. The van der Waals surface area contributed by atoms with Crippen LogP contribution in [0.15, 0.2) is 22.7 Å². The van der Waals surface area contributed by atoms with Crippen LogP contribution < -0.4 is 10.1 Å². The van der Waals surface area contributed by atoms with Gasteiger partial charge in [-0.25, -0.2) is 0 Å². The van der Waals surface area contributed by atoms with Gasteiger partial charge in [0.05, 0.1) is 6.61 Å². The minimum Gasteiger partial charge on any atom is -0.494 e. The number of ether oxygens (including phenoxy) is 1. The molecule has 1 aromatic carbocycles. The van der Waals surface area contributed by atoms with Crippen molar-refractivity contribution in [1.82, 2.24) is 5.32 Å². The largest absolute Gasteiger partial charge is 0.494 e. The lowest BCUT2D eigenvalue weighted by molar-refractivity contribution is 0.303. The van der Waals surface area contributed by atoms with Crippen LogP contribution in [-0.2, 0) is 0 Å². The van der Waals surface area contributed by atoms with Gasteiger partial charge in [-0.1, -0.05) is 15.9 Å². The average molecular weight is 328 g/mol. The Hall–Kier alpha value is -0.540. The second-order valence-electron chi connectivity index (χ2n) is 6.00. The Bertz CT molecular complexity index is 385. The molecule has 3 heteroatoms. The van der Waals surface area contributed by atoms with Gasteiger partial charge in [-0.05, 0) is 77.3 Å². The van der Waals surface area contributed by atoms with Gasteiger partial charge in [-0.15, -0.1) is 0 Å². The van der Waals surface area contributed by atoms with E-state index >= 15 is 0 Å². The quantitative estimate of drug-likeness (QED) is 0.733. The van der Waals surface area contributed by atoms with Crippen molar-refractivity contribution < 1.29 is 4.74 Å². The van der Waals surface area contributed by atoms with Gasteiger partial charge in [0.25, 0.3) is 0 Å². The number of rotatable bonds is 7. The first kappa shape index (κ1) is 16.5. The third-order valence-corrected chi connectivity index (χ3v) is 3.76. The summed E-state index contributed by atoms with van der Waals surface area (Å²) in [6, 6.07) is 6.13. The molecule has 0 spiro atoms. The molecule has 1 rings (SSSR count). The number of hydrogen-bond donors (Lipinski definition) is 1. The third kappa shape index (κ3) is 7.58. The summed E-state index contributed by atoms with van der Waals surface area (Å²) in [7, 11) is 0. The molecule has 0 aliphatic carbocycles. The minimum absolute atomic E-state index is 0.228. The van der Waals surface area contributed by atoms with Gasteiger partial charge in [0.2, 0.25) is 0 Å². The Morgan fingerprint density at radius 1 is 1.16 bits per heavy atom. The molecule has 0 aliphatic heterocycles. The predicted molar refractivity (Wildman–Crippen MR) is 86.0 cm³/mol. The van der Waals surface area contributed by atoms with E-state index in [2.05, 4.69) is 55.0 Å². The van der Waals surface area contributed by atoms with E-state index in [9.17, 15) is 0 Å². The lowest BCUT2D eigenvalue weighted by Crippen LogP contribution is -2.36. The number of benzene rings is 1. The number of hydrogen-bond acceptors (Lipinski definition) is 2. The van der Waals surface area contributed by atoms with Crippen molar-refractivity contribution in [3.63, 3.8) is 0 Å². The number of unbranched alkanes of at least 4 members (excludes halogenated alkanes) is 2. The summed E-state index contributed by atoms with van der Waals surface area (Å²) in [5, 5.41) is 3.50. The average Bonchev–Trinajstić information content (AvgIpc) is 2.31. The van der Waals surface area contributed by atoms with E-state index in [1.807, 2.05) is 12.1 Å². The van der Waals surface area contributed by atoms with Crippen LogP contribution in [-0.4, -0.2) is 18.7 Å². The van der Waals surface area contributed by atoms with E-state index in [0.717, 1.165) is 29.8 Å². The van der Waals surface area contributed by atoms with Gasteiger partial charge in [-0.3, -0.25) is 0 Å². The zero-order chi connectivity index (χ0) is 14.3. The van der Waals surface area contributed by atoms with Crippen molar-refractivity contribution in [3.05, 3.63) is 28.2 Å². The molecule has 0 saturated heterocycles. The highest BCUT2D eigenvalue weighted by molar-refractivity contribution is 9.10. The highest BCUT2D eigenvalue weighted by Crippen LogP contribution is 2.21. The molecule has 0 bridgehead atoms. The van der Waals surface area contributed by atoms with Crippen molar-refractivity contribution in [2.75, 3.05) is 13.2 Å². The fraction of sp³-hybridized carbons (Fsp3) is 0.625. The molecule has 0 amide bonds. The number of aryl methyl sites for hydroxylation is 1. The van der Waals surface area contributed by atoms with Crippen LogP contribution in [0.3, 0.4) is 0 Å². The minimum atomic E-state index is 0.228.